The molecule has 1 aliphatic heterocycles. The maximum atomic E-state index is 10.2. The molecular weight excluding hydrogens is 290 g/mol. The van der Waals surface area contributed by atoms with Crippen LogP contribution in [0.2, 0.25) is 0 Å². The Morgan fingerprint density at radius 2 is 2.00 bits per heavy atom. The molecule has 1 atom stereocenters. The second kappa shape index (κ2) is 7.06. The summed E-state index contributed by atoms with van der Waals surface area (Å²) in [5.74, 6) is 0.469. The summed E-state index contributed by atoms with van der Waals surface area (Å²) in [6.07, 6.45) is 0.496. The van der Waals surface area contributed by atoms with Crippen LogP contribution in [0.1, 0.15) is 22.4 Å². The zero-order valence-corrected chi connectivity index (χ0v) is 13.7. The summed E-state index contributed by atoms with van der Waals surface area (Å²) in [6, 6.07) is 10.4. The number of hydrogen-bond acceptors (Lipinski definition) is 5. The van der Waals surface area contributed by atoms with Crippen LogP contribution in [-0.4, -0.2) is 46.0 Å². The number of hydrogen-bond donors (Lipinski definition) is 1. The summed E-state index contributed by atoms with van der Waals surface area (Å²) in [5, 5.41) is 18.2. The molecule has 5 heteroatoms. The van der Waals surface area contributed by atoms with Crippen LogP contribution >= 0.6 is 0 Å². The van der Waals surface area contributed by atoms with Crippen LogP contribution in [0.25, 0.3) is 0 Å². The number of benzene rings is 1. The molecule has 2 aromatic rings. The lowest BCUT2D eigenvalue weighted by Crippen LogP contribution is -2.38. The van der Waals surface area contributed by atoms with Crippen molar-refractivity contribution < 1.29 is 9.84 Å². The minimum Gasteiger partial charge on any atom is -0.474 e. The first-order chi connectivity index (χ1) is 11.1. The van der Waals surface area contributed by atoms with Gasteiger partial charge in [-0.25, -0.2) is 0 Å². The lowest BCUT2D eigenvalue weighted by molar-refractivity contribution is 0.0618. The number of β-amino-alcohol motifs (C(OH)–C–C–N with tert-alkyl or cyclic N) is 1. The predicted molar refractivity (Wildman–Crippen MR) is 88.4 cm³/mol. The number of nitrogens with zero attached hydrogens (tertiary/aromatic N) is 3. The van der Waals surface area contributed by atoms with Crippen molar-refractivity contribution in [2.24, 2.45) is 0 Å². The molecular formula is C18H23N3O2. The molecule has 3 rings (SSSR count). The van der Waals surface area contributed by atoms with Crippen LogP contribution in [0.4, 0.5) is 0 Å². The van der Waals surface area contributed by atoms with Crippen molar-refractivity contribution in [3.05, 3.63) is 52.7 Å². The molecule has 0 bridgehead atoms. The minimum absolute atomic E-state index is 0.231. The molecule has 2 heterocycles. The molecule has 1 aromatic heterocycles. The number of aromatic nitrogens is 2. The molecule has 23 heavy (non-hydrogen) atoms. The molecule has 0 unspecified atom stereocenters. The summed E-state index contributed by atoms with van der Waals surface area (Å²) in [7, 11) is 0. The van der Waals surface area contributed by atoms with Gasteiger partial charge < -0.3 is 9.84 Å². The zero-order chi connectivity index (χ0) is 16.2. The minimum atomic E-state index is -0.538. The molecule has 0 saturated carbocycles. The van der Waals surface area contributed by atoms with Crippen molar-refractivity contribution in [2.45, 2.75) is 32.9 Å². The van der Waals surface area contributed by atoms with Gasteiger partial charge in [0.1, 0.15) is 12.7 Å². The smallest absolute Gasteiger partial charge is 0.233 e. The van der Waals surface area contributed by atoms with E-state index in [4.69, 9.17) is 4.74 Å². The number of aliphatic hydroxyl groups excluding tert-OH is 1. The Hall–Kier alpha value is -1.98. The molecule has 1 N–H and O–H groups in total. The van der Waals surface area contributed by atoms with Gasteiger partial charge in [0, 0.05) is 25.7 Å². The van der Waals surface area contributed by atoms with Gasteiger partial charge in [0.2, 0.25) is 5.88 Å². The van der Waals surface area contributed by atoms with Gasteiger partial charge in [-0.2, -0.15) is 5.10 Å². The highest BCUT2D eigenvalue weighted by atomic mass is 16.5. The highest BCUT2D eigenvalue weighted by Crippen LogP contribution is 2.18. The van der Waals surface area contributed by atoms with Gasteiger partial charge in [0.15, 0.2) is 0 Å². The van der Waals surface area contributed by atoms with Crippen molar-refractivity contribution in [2.75, 3.05) is 19.7 Å². The molecule has 122 valence electrons. The summed E-state index contributed by atoms with van der Waals surface area (Å²) in [5.41, 5.74) is 4.70. The highest BCUT2D eigenvalue weighted by Gasteiger charge is 2.18. The average molecular weight is 313 g/mol. The van der Waals surface area contributed by atoms with Crippen LogP contribution in [0, 0.1) is 13.8 Å². The first-order valence-electron chi connectivity index (χ1n) is 8.03. The van der Waals surface area contributed by atoms with Crippen LogP contribution in [-0.2, 0) is 13.0 Å². The third kappa shape index (κ3) is 4.06. The maximum Gasteiger partial charge on any atom is 0.233 e. The third-order valence-corrected chi connectivity index (χ3v) is 4.31. The summed E-state index contributed by atoms with van der Waals surface area (Å²) < 4.78 is 5.56. The van der Waals surface area contributed by atoms with Crippen LogP contribution in [0.5, 0.6) is 5.88 Å². The first kappa shape index (κ1) is 15.9. The Morgan fingerprint density at radius 3 is 2.78 bits per heavy atom. The quantitative estimate of drug-likeness (QED) is 0.913. The van der Waals surface area contributed by atoms with Gasteiger partial charge in [0.25, 0.3) is 0 Å². The van der Waals surface area contributed by atoms with Crippen LogP contribution in [0.15, 0.2) is 30.3 Å². The summed E-state index contributed by atoms with van der Waals surface area (Å²) >= 11 is 0. The first-order valence-corrected chi connectivity index (χ1v) is 8.03. The average Bonchev–Trinajstić information content (AvgIpc) is 2.56. The summed E-state index contributed by atoms with van der Waals surface area (Å²) in [6.45, 7) is 6.57. The van der Waals surface area contributed by atoms with E-state index >= 15 is 0 Å². The van der Waals surface area contributed by atoms with Crippen molar-refractivity contribution in [1.82, 2.24) is 15.1 Å². The van der Waals surface area contributed by atoms with Gasteiger partial charge in [-0.3, -0.25) is 4.90 Å². The van der Waals surface area contributed by atoms with Crippen molar-refractivity contribution >= 4 is 0 Å². The fraction of sp³-hybridized carbons (Fsp3) is 0.444. The number of aryl methyl sites for hydroxylation is 2. The maximum absolute atomic E-state index is 10.2. The van der Waals surface area contributed by atoms with E-state index in [9.17, 15) is 5.11 Å². The van der Waals surface area contributed by atoms with E-state index in [1.165, 1.54) is 11.1 Å². The standard InChI is InChI=1S/C18H23N3O2/c1-13-9-18(20-19-14(13)2)23-12-17(22)11-21-8-7-15-5-3-4-6-16(15)10-21/h3-6,9,17,22H,7-8,10-12H2,1-2H3/t17-/m0/s1. The van der Waals surface area contributed by atoms with E-state index in [2.05, 4.69) is 39.4 Å². The number of aliphatic hydroxyl groups is 1. The van der Waals surface area contributed by atoms with E-state index in [1.807, 2.05) is 19.9 Å². The second-order valence-electron chi connectivity index (χ2n) is 6.17. The van der Waals surface area contributed by atoms with Gasteiger partial charge in [-0.1, -0.05) is 24.3 Å². The van der Waals surface area contributed by atoms with Crippen molar-refractivity contribution in [3.63, 3.8) is 0 Å². The molecule has 0 radical (unpaired) electrons. The van der Waals surface area contributed by atoms with Crippen LogP contribution in [0.3, 0.4) is 0 Å². The Kier molecular flexibility index (Phi) is 4.88. The van der Waals surface area contributed by atoms with E-state index in [-0.39, 0.29) is 6.61 Å². The Labute approximate surface area is 136 Å². The Bertz CT molecular complexity index is 675. The normalized spacial score (nSPS) is 16.0. The van der Waals surface area contributed by atoms with E-state index in [0.29, 0.717) is 12.4 Å². The van der Waals surface area contributed by atoms with E-state index in [1.54, 1.807) is 0 Å². The summed E-state index contributed by atoms with van der Waals surface area (Å²) in [4.78, 5) is 2.27. The zero-order valence-electron chi connectivity index (χ0n) is 13.7. The largest absolute Gasteiger partial charge is 0.474 e. The fourth-order valence-electron chi connectivity index (χ4n) is 2.83. The number of ether oxygens (including phenoxy) is 1. The molecule has 1 aliphatic rings. The van der Waals surface area contributed by atoms with Gasteiger partial charge in [-0.05, 0) is 37.0 Å². The lowest BCUT2D eigenvalue weighted by atomic mass is 10.00. The van der Waals surface area contributed by atoms with Crippen LogP contribution < -0.4 is 4.74 Å². The van der Waals surface area contributed by atoms with Crippen molar-refractivity contribution in [1.29, 1.82) is 0 Å². The third-order valence-electron chi connectivity index (χ3n) is 4.31. The topological polar surface area (TPSA) is 58.5 Å². The molecule has 0 saturated heterocycles. The Balaban J connectivity index is 1.50. The van der Waals surface area contributed by atoms with Crippen molar-refractivity contribution in [3.8, 4) is 5.88 Å². The molecule has 0 amide bonds. The molecule has 5 nitrogen and oxygen atoms in total. The van der Waals surface area contributed by atoms with E-state index in [0.717, 1.165) is 30.8 Å². The monoisotopic (exact) mass is 313 g/mol. The van der Waals surface area contributed by atoms with E-state index < -0.39 is 6.10 Å². The van der Waals surface area contributed by atoms with Gasteiger partial charge >= 0.3 is 0 Å². The second-order valence-corrected chi connectivity index (χ2v) is 6.17. The predicted octanol–water partition coefficient (Wildman–Crippen LogP) is 1.89. The highest BCUT2D eigenvalue weighted by molar-refractivity contribution is 5.29. The molecule has 0 aliphatic carbocycles. The Morgan fingerprint density at radius 1 is 1.22 bits per heavy atom. The number of fused-ring (bicyclic) bond motifs is 1. The lowest BCUT2D eigenvalue weighted by Gasteiger charge is -2.30. The van der Waals surface area contributed by atoms with Gasteiger partial charge in [-0.15, -0.1) is 5.10 Å². The molecule has 0 spiro atoms. The molecule has 1 aromatic carbocycles. The van der Waals surface area contributed by atoms with Gasteiger partial charge in [0.05, 0.1) is 5.69 Å². The molecule has 0 fully saturated rings. The fourth-order valence-corrected chi connectivity index (χ4v) is 2.83. The SMILES string of the molecule is Cc1cc(OC[C@@H](O)CN2CCc3ccccc3C2)nnc1C. The number of rotatable bonds is 5.